The lowest BCUT2D eigenvalue weighted by molar-refractivity contribution is -0.121. The first-order valence-electron chi connectivity index (χ1n) is 7.67. The lowest BCUT2D eigenvalue weighted by Crippen LogP contribution is -2.34. The van der Waals surface area contributed by atoms with E-state index >= 15 is 0 Å². The molecule has 8 heteroatoms. The second-order valence-electron chi connectivity index (χ2n) is 5.68. The molecule has 24 heavy (non-hydrogen) atoms. The van der Waals surface area contributed by atoms with Crippen LogP contribution in [-0.4, -0.2) is 31.8 Å². The van der Waals surface area contributed by atoms with Gasteiger partial charge in [-0.05, 0) is 37.8 Å². The number of rotatable bonds is 5. The van der Waals surface area contributed by atoms with Gasteiger partial charge >= 0.3 is 0 Å². The summed E-state index contributed by atoms with van der Waals surface area (Å²) in [5.74, 6) is -0.215. The van der Waals surface area contributed by atoms with Crippen molar-refractivity contribution >= 4 is 27.5 Å². The van der Waals surface area contributed by atoms with Crippen LogP contribution in [0.3, 0.4) is 0 Å². The van der Waals surface area contributed by atoms with Gasteiger partial charge < -0.3 is 5.32 Å². The standard InChI is InChI=1S/C16H19N5O2S/c1-10-11(2)19-21(12(10)3)6-5-17-14(22)8-20-9-18-13-4-7-24-15(13)16(20)23/h4,7,9H,5-6,8H2,1-3H3,(H,17,22). The van der Waals surface area contributed by atoms with Crippen molar-refractivity contribution in [3.05, 3.63) is 45.1 Å². The summed E-state index contributed by atoms with van der Waals surface area (Å²) in [6.07, 6.45) is 1.42. The Bertz CT molecular complexity index is 953. The van der Waals surface area contributed by atoms with E-state index in [1.807, 2.05) is 30.8 Å². The smallest absolute Gasteiger partial charge is 0.271 e. The highest BCUT2D eigenvalue weighted by Gasteiger charge is 2.10. The van der Waals surface area contributed by atoms with Crippen LogP contribution >= 0.6 is 11.3 Å². The van der Waals surface area contributed by atoms with Crippen molar-refractivity contribution in [1.29, 1.82) is 0 Å². The first kappa shape index (κ1) is 16.4. The summed E-state index contributed by atoms with van der Waals surface area (Å²) in [6.45, 7) is 7.05. The topological polar surface area (TPSA) is 81.8 Å². The van der Waals surface area contributed by atoms with Crippen LogP contribution in [0.2, 0.25) is 0 Å². The van der Waals surface area contributed by atoms with Crippen LogP contribution in [0.15, 0.2) is 22.6 Å². The minimum absolute atomic E-state index is 0.0319. The Kier molecular flexibility index (Phi) is 4.48. The number of hydrogen-bond donors (Lipinski definition) is 1. The SMILES string of the molecule is Cc1nn(CCNC(=O)Cn2cnc3ccsc3c2=O)c(C)c1C. The van der Waals surface area contributed by atoms with Crippen molar-refractivity contribution in [3.8, 4) is 0 Å². The molecule has 0 aliphatic rings. The highest BCUT2D eigenvalue weighted by atomic mass is 32.1. The molecule has 1 N–H and O–H groups in total. The fraction of sp³-hybridized carbons (Fsp3) is 0.375. The lowest BCUT2D eigenvalue weighted by Gasteiger charge is -2.08. The predicted octanol–water partition coefficient (Wildman–Crippen LogP) is 1.40. The zero-order valence-corrected chi connectivity index (χ0v) is 14.7. The van der Waals surface area contributed by atoms with Gasteiger partial charge in [0.15, 0.2) is 0 Å². The third-order valence-corrected chi connectivity index (χ3v) is 5.03. The molecule has 0 aliphatic heterocycles. The Morgan fingerprint density at radius 3 is 2.83 bits per heavy atom. The maximum Gasteiger partial charge on any atom is 0.271 e. The largest absolute Gasteiger partial charge is 0.353 e. The number of aryl methyl sites for hydroxylation is 1. The Hall–Kier alpha value is -2.48. The minimum Gasteiger partial charge on any atom is -0.353 e. The van der Waals surface area contributed by atoms with Crippen LogP contribution in [0.5, 0.6) is 0 Å². The van der Waals surface area contributed by atoms with Gasteiger partial charge in [-0.3, -0.25) is 18.8 Å². The molecule has 7 nitrogen and oxygen atoms in total. The summed E-state index contributed by atoms with van der Waals surface area (Å²) < 4.78 is 3.79. The van der Waals surface area contributed by atoms with Crippen molar-refractivity contribution in [1.82, 2.24) is 24.6 Å². The summed E-state index contributed by atoms with van der Waals surface area (Å²) in [6, 6.07) is 1.79. The van der Waals surface area contributed by atoms with E-state index in [0.717, 1.165) is 11.4 Å². The number of hydrogen-bond acceptors (Lipinski definition) is 5. The van der Waals surface area contributed by atoms with Crippen LogP contribution in [0.4, 0.5) is 0 Å². The highest BCUT2D eigenvalue weighted by Crippen LogP contribution is 2.13. The van der Waals surface area contributed by atoms with E-state index in [1.165, 1.54) is 27.8 Å². The summed E-state index contributed by atoms with van der Waals surface area (Å²) in [7, 11) is 0. The van der Waals surface area contributed by atoms with Crippen molar-refractivity contribution in [2.24, 2.45) is 0 Å². The molecule has 0 aromatic carbocycles. The molecule has 0 radical (unpaired) electrons. The second kappa shape index (κ2) is 6.56. The maximum absolute atomic E-state index is 12.2. The van der Waals surface area contributed by atoms with E-state index in [2.05, 4.69) is 15.4 Å². The van der Waals surface area contributed by atoms with Crippen LogP contribution < -0.4 is 10.9 Å². The molecule has 0 atom stereocenters. The van der Waals surface area contributed by atoms with Crippen molar-refractivity contribution in [2.75, 3.05) is 6.54 Å². The molecule has 3 rings (SSSR count). The Balaban J connectivity index is 1.60. The summed E-state index contributed by atoms with van der Waals surface area (Å²) >= 11 is 1.34. The van der Waals surface area contributed by atoms with E-state index < -0.39 is 0 Å². The van der Waals surface area contributed by atoms with Gasteiger partial charge in [0, 0.05) is 12.2 Å². The first-order valence-corrected chi connectivity index (χ1v) is 8.55. The summed E-state index contributed by atoms with van der Waals surface area (Å²) in [5.41, 5.74) is 3.76. The van der Waals surface area contributed by atoms with Gasteiger partial charge in [-0.25, -0.2) is 4.98 Å². The number of carbonyl (C=O) groups is 1. The van der Waals surface area contributed by atoms with E-state index in [9.17, 15) is 9.59 Å². The van der Waals surface area contributed by atoms with Gasteiger partial charge in [-0.1, -0.05) is 0 Å². The zero-order chi connectivity index (χ0) is 17.3. The second-order valence-corrected chi connectivity index (χ2v) is 6.60. The van der Waals surface area contributed by atoms with Crippen molar-refractivity contribution in [3.63, 3.8) is 0 Å². The monoisotopic (exact) mass is 345 g/mol. The molecule has 0 unspecified atom stereocenters. The number of aromatic nitrogens is 4. The molecular formula is C16H19N5O2S. The summed E-state index contributed by atoms with van der Waals surface area (Å²) in [5, 5.41) is 9.07. The van der Waals surface area contributed by atoms with E-state index in [4.69, 9.17) is 0 Å². The Morgan fingerprint density at radius 1 is 1.33 bits per heavy atom. The average Bonchev–Trinajstić information content (AvgIpc) is 3.12. The molecule has 0 saturated heterocycles. The van der Waals surface area contributed by atoms with Gasteiger partial charge in [0.1, 0.15) is 11.2 Å². The Labute approximate surface area is 142 Å². The molecule has 0 bridgehead atoms. The number of fused-ring (bicyclic) bond motifs is 1. The molecule has 0 aliphatic carbocycles. The number of carbonyl (C=O) groups excluding carboxylic acids is 1. The third kappa shape index (κ3) is 3.09. The summed E-state index contributed by atoms with van der Waals surface area (Å²) in [4.78, 5) is 28.5. The van der Waals surface area contributed by atoms with Crippen LogP contribution in [0.1, 0.15) is 17.0 Å². The van der Waals surface area contributed by atoms with Gasteiger partial charge in [-0.15, -0.1) is 11.3 Å². The number of nitrogens with zero attached hydrogens (tertiary/aromatic N) is 4. The third-order valence-electron chi connectivity index (χ3n) is 4.14. The van der Waals surface area contributed by atoms with Crippen molar-refractivity contribution in [2.45, 2.75) is 33.9 Å². The predicted molar refractivity (Wildman–Crippen MR) is 93.3 cm³/mol. The fourth-order valence-electron chi connectivity index (χ4n) is 2.51. The number of nitrogens with one attached hydrogen (secondary N) is 1. The fourth-order valence-corrected chi connectivity index (χ4v) is 3.30. The van der Waals surface area contributed by atoms with E-state index in [0.29, 0.717) is 23.3 Å². The Morgan fingerprint density at radius 2 is 2.12 bits per heavy atom. The van der Waals surface area contributed by atoms with Gasteiger partial charge in [0.05, 0.1) is 24.1 Å². The highest BCUT2D eigenvalue weighted by molar-refractivity contribution is 7.17. The molecule has 126 valence electrons. The van der Waals surface area contributed by atoms with Gasteiger partial charge in [-0.2, -0.15) is 5.10 Å². The molecule has 0 fully saturated rings. The zero-order valence-electron chi connectivity index (χ0n) is 13.9. The molecular weight excluding hydrogens is 326 g/mol. The van der Waals surface area contributed by atoms with Crippen LogP contribution in [0.25, 0.3) is 10.2 Å². The van der Waals surface area contributed by atoms with Crippen LogP contribution in [-0.2, 0) is 17.9 Å². The molecule has 1 amide bonds. The number of amides is 1. The van der Waals surface area contributed by atoms with Gasteiger partial charge in [0.25, 0.3) is 5.56 Å². The van der Waals surface area contributed by atoms with E-state index in [1.54, 1.807) is 6.07 Å². The molecule has 3 aromatic rings. The quantitative estimate of drug-likeness (QED) is 0.758. The lowest BCUT2D eigenvalue weighted by atomic mass is 10.2. The van der Waals surface area contributed by atoms with Crippen molar-refractivity contribution < 1.29 is 4.79 Å². The maximum atomic E-state index is 12.2. The molecule has 3 aromatic heterocycles. The van der Waals surface area contributed by atoms with Crippen LogP contribution in [0, 0.1) is 20.8 Å². The average molecular weight is 345 g/mol. The van der Waals surface area contributed by atoms with Gasteiger partial charge in [0.2, 0.25) is 5.91 Å². The van der Waals surface area contributed by atoms with E-state index in [-0.39, 0.29) is 18.0 Å². The molecule has 0 saturated carbocycles. The number of thiophene rings is 1. The molecule has 3 heterocycles. The normalized spacial score (nSPS) is 11.1. The minimum atomic E-state index is -0.215. The first-order chi connectivity index (χ1) is 11.5. The molecule has 0 spiro atoms.